The Morgan fingerprint density at radius 3 is 2.76 bits per heavy atom. The Morgan fingerprint density at radius 1 is 1.41 bits per heavy atom. The van der Waals surface area contributed by atoms with Crippen LogP contribution in [0.3, 0.4) is 0 Å². The van der Waals surface area contributed by atoms with Crippen LogP contribution in [0.25, 0.3) is 0 Å². The summed E-state index contributed by atoms with van der Waals surface area (Å²) >= 11 is 0. The highest BCUT2D eigenvalue weighted by Crippen LogP contribution is 2.29. The quantitative estimate of drug-likeness (QED) is 0.766. The van der Waals surface area contributed by atoms with Gasteiger partial charge < -0.3 is 15.6 Å². The lowest BCUT2D eigenvalue weighted by Gasteiger charge is -2.41. The van der Waals surface area contributed by atoms with Gasteiger partial charge in [-0.05, 0) is 19.8 Å². The SMILES string of the molecule is CC(N)C1CN(CC2(O)CCCCC2)CCO1. The molecule has 2 atom stereocenters. The number of hydrogen-bond donors (Lipinski definition) is 2. The fraction of sp³-hybridized carbons (Fsp3) is 1.00. The summed E-state index contributed by atoms with van der Waals surface area (Å²) in [5, 5.41) is 10.5. The van der Waals surface area contributed by atoms with Gasteiger partial charge in [-0.3, -0.25) is 4.90 Å². The van der Waals surface area contributed by atoms with Gasteiger partial charge in [0.2, 0.25) is 0 Å². The first-order chi connectivity index (χ1) is 8.09. The van der Waals surface area contributed by atoms with E-state index in [0.29, 0.717) is 0 Å². The molecule has 2 aliphatic rings. The molecule has 3 N–H and O–H groups in total. The minimum Gasteiger partial charge on any atom is -0.389 e. The van der Waals surface area contributed by atoms with Crippen molar-refractivity contribution in [2.75, 3.05) is 26.2 Å². The molecule has 0 aromatic carbocycles. The second-order valence-corrected chi connectivity index (χ2v) is 5.79. The van der Waals surface area contributed by atoms with Crippen molar-refractivity contribution in [2.45, 2.75) is 56.8 Å². The highest BCUT2D eigenvalue weighted by molar-refractivity contribution is 4.88. The van der Waals surface area contributed by atoms with Gasteiger partial charge in [-0.1, -0.05) is 19.3 Å². The third-order valence-corrected chi connectivity index (χ3v) is 4.07. The van der Waals surface area contributed by atoms with E-state index in [-0.39, 0.29) is 12.1 Å². The summed E-state index contributed by atoms with van der Waals surface area (Å²) in [5.74, 6) is 0. The summed E-state index contributed by atoms with van der Waals surface area (Å²) in [7, 11) is 0. The van der Waals surface area contributed by atoms with Gasteiger partial charge in [0.15, 0.2) is 0 Å². The molecule has 2 rings (SSSR count). The fourth-order valence-corrected chi connectivity index (χ4v) is 2.98. The zero-order chi connectivity index (χ0) is 12.3. The lowest BCUT2D eigenvalue weighted by Crippen LogP contribution is -2.54. The van der Waals surface area contributed by atoms with E-state index < -0.39 is 5.60 Å². The first-order valence-electron chi connectivity index (χ1n) is 6.91. The third kappa shape index (κ3) is 3.65. The molecule has 2 unspecified atom stereocenters. The standard InChI is InChI=1S/C13H26N2O2/c1-11(14)12-9-15(7-8-17-12)10-13(16)5-3-2-4-6-13/h11-12,16H,2-10,14H2,1H3. The van der Waals surface area contributed by atoms with Crippen molar-refractivity contribution in [2.24, 2.45) is 5.73 Å². The zero-order valence-corrected chi connectivity index (χ0v) is 10.9. The highest BCUT2D eigenvalue weighted by Gasteiger charge is 2.33. The molecule has 2 fully saturated rings. The number of ether oxygens (including phenoxy) is 1. The van der Waals surface area contributed by atoms with Crippen LogP contribution in [0.15, 0.2) is 0 Å². The average Bonchev–Trinajstić information content (AvgIpc) is 2.29. The molecule has 0 bridgehead atoms. The zero-order valence-electron chi connectivity index (χ0n) is 10.9. The van der Waals surface area contributed by atoms with Crippen molar-refractivity contribution in [3.8, 4) is 0 Å². The smallest absolute Gasteiger partial charge is 0.0850 e. The molecule has 1 saturated heterocycles. The number of rotatable bonds is 3. The number of nitrogens with two attached hydrogens (primary N) is 1. The fourth-order valence-electron chi connectivity index (χ4n) is 2.98. The molecule has 0 spiro atoms. The van der Waals surface area contributed by atoms with Gasteiger partial charge in [0.05, 0.1) is 18.3 Å². The van der Waals surface area contributed by atoms with Crippen molar-refractivity contribution in [1.82, 2.24) is 4.90 Å². The van der Waals surface area contributed by atoms with Crippen LogP contribution >= 0.6 is 0 Å². The summed E-state index contributed by atoms with van der Waals surface area (Å²) in [6.07, 6.45) is 5.62. The summed E-state index contributed by atoms with van der Waals surface area (Å²) in [6.45, 7) is 5.30. The summed E-state index contributed by atoms with van der Waals surface area (Å²) < 4.78 is 5.64. The van der Waals surface area contributed by atoms with Crippen molar-refractivity contribution in [3.63, 3.8) is 0 Å². The van der Waals surface area contributed by atoms with E-state index in [1.807, 2.05) is 6.92 Å². The van der Waals surface area contributed by atoms with Crippen LogP contribution in [0.4, 0.5) is 0 Å². The van der Waals surface area contributed by atoms with Crippen molar-refractivity contribution >= 4 is 0 Å². The Kier molecular flexibility index (Phi) is 4.42. The molecule has 0 radical (unpaired) electrons. The van der Waals surface area contributed by atoms with E-state index in [2.05, 4.69) is 4.90 Å². The molecule has 1 aliphatic heterocycles. The molecule has 1 heterocycles. The van der Waals surface area contributed by atoms with Gasteiger partial charge in [0.25, 0.3) is 0 Å². The van der Waals surface area contributed by atoms with E-state index in [4.69, 9.17) is 10.5 Å². The normalized spacial score (nSPS) is 32.3. The van der Waals surface area contributed by atoms with E-state index in [9.17, 15) is 5.11 Å². The van der Waals surface area contributed by atoms with Gasteiger partial charge in [-0.15, -0.1) is 0 Å². The average molecular weight is 242 g/mol. The number of morpholine rings is 1. The Morgan fingerprint density at radius 2 is 2.12 bits per heavy atom. The Labute approximate surface area is 104 Å². The van der Waals surface area contributed by atoms with E-state index in [0.717, 1.165) is 51.9 Å². The van der Waals surface area contributed by atoms with E-state index in [1.165, 1.54) is 6.42 Å². The summed E-state index contributed by atoms with van der Waals surface area (Å²) in [5.41, 5.74) is 5.42. The highest BCUT2D eigenvalue weighted by atomic mass is 16.5. The predicted octanol–water partition coefficient (Wildman–Crippen LogP) is 0.730. The second kappa shape index (κ2) is 5.65. The molecule has 1 saturated carbocycles. The molecule has 17 heavy (non-hydrogen) atoms. The Hall–Kier alpha value is -0.160. The van der Waals surface area contributed by atoms with Gasteiger partial charge in [0.1, 0.15) is 0 Å². The maximum absolute atomic E-state index is 10.5. The third-order valence-electron chi connectivity index (χ3n) is 4.07. The topological polar surface area (TPSA) is 58.7 Å². The molecule has 0 aromatic heterocycles. The van der Waals surface area contributed by atoms with Crippen molar-refractivity contribution in [3.05, 3.63) is 0 Å². The van der Waals surface area contributed by atoms with Gasteiger partial charge in [-0.2, -0.15) is 0 Å². The van der Waals surface area contributed by atoms with Crippen LogP contribution in [0.2, 0.25) is 0 Å². The number of β-amino-alcohol motifs (C(OH)–C–C–N with tert-alkyl or cyclic N) is 1. The van der Waals surface area contributed by atoms with Gasteiger partial charge >= 0.3 is 0 Å². The first kappa shape index (κ1) is 13.3. The molecule has 4 heteroatoms. The maximum Gasteiger partial charge on any atom is 0.0850 e. The molecule has 1 aliphatic carbocycles. The second-order valence-electron chi connectivity index (χ2n) is 5.79. The Bertz CT molecular complexity index is 240. The number of aliphatic hydroxyl groups is 1. The lowest BCUT2D eigenvalue weighted by atomic mass is 9.84. The summed E-state index contributed by atoms with van der Waals surface area (Å²) in [4.78, 5) is 2.32. The van der Waals surface area contributed by atoms with Crippen molar-refractivity contribution < 1.29 is 9.84 Å². The van der Waals surface area contributed by atoms with Crippen LogP contribution in [0.1, 0.15) is 39.0 Å². The van der Waals surface area contributed by atoms with Crippen LogP contribution in [0, 0.1) is 0 Å². The number of hydrogen-bond acceptors (Lipinski definition) is 4. The van der Waals surface area contributed by atoms with Gasteiger partial charge in [-0.25, -0.2) is 0 Å². The van der Waals surface area contributed by atoms with Crippen LogP contribution in [-0.4, -0.2) is 54.0 Å². The predicted molar refractivity (Wildman–Crippen MR) is 67.9 cm³/mol. The molecule has 0 aromatic rings. The van der Waals surface area contributed by atoms with Crippen LogP contribution in [-0.2, 0) is 4.74 Å². The minimum absolute atomic E-state index is 0.0683. The minimum atomic E-state index is -0.460. The van der Waals surface area contributed by atoms with Crippen molar-refractivity contribution in [1.29, 1.82) is 0 Å². The Balaban J connectivity index is 1.85. The van der Waals surface area contributed by atoms with Crippen LogP contribution < -0.4 is 5.73 Å². The number of nitrogens with zero attached hydrogens (tertiary/aromatic N) is 1. The largest absolute Gasteiger partial charge is 0.389 e. The van der Waals surface area contributed by atoms with E-state index >= 15 is 0 Å². The maximum atomic E-state index is 10.5. The van der Waals surface area contributed by atoms with Gasteiger partial charge in [0, 0.05) is 25.7 Å². The molecule has 100 valence electrons. The molecular formula is C13H26N2O2. The van der Waals surface area contributed by atoms with E-state index in [1.54, 1.807) is 0 Å². The lowest BCUT2D eigenvalue weighted by molar-refractivity contribution is -0.0798. The first-order valence-corrected chi connectivity index (χ1v) is 6.91. The monoisotopic (exact) mass is 242 g/mol. The molecular weight excluding hydrogens is 216 g/mol. The molecule has 0 amide bonds. The van der Waals surface area contributed by atoms with Crippen LogP contribution in [0.5, 0.6) is 0 Å². The molecule has 4 nitrogen and oxygen atoms in total. The summed E-state index contributed by atoms with van der Waals surface area (Å²) in [6, 6.07) is 0.0683.